The van der Waals surface area contributed by atoms with E-state index in [4.69, 9.17) is 0 Å². The summed E-state index contributed by atoms with van der Waals surface area (Å²) in [7, 11) is 0. The Hall–Kier alpha value is -2.07. The standard InChI is InChI=1S/C19H20N2OS/c1-14-12-19(2,3)21(16-9-5-4-8-15(14)16)18(22)13-23-17-10-6-7-11-20-17/h4-12H,13H2,1-3H3. The zero-order valence-corrected chi connectivity index (χ0v) is 14.4. The fourth-order valence-corrected chi connectivity index (χ4v) is 3.78. The molecule has 0 saturated carbocycles. The molecule has 1 amide bonds. The van der Waals surface area contributed by atoms with Gasteiger partial charge < -0.3 is 4.90 Å². The molecule has 0 atom stereocenters. The molecular weight excluding hydrogens is 304 g/mol. The van der Waals surface area contributed by atoms with Crippen LogP contribution < -0.4 is 4.90 Å². The lowest BCUT2D eigenvalue weighted by atomic mass is 9.89. The molecular formula is C19H20N2OS. The Bertz CT molecular complexity index is 753. The Morgan fingerprint density at radius 1 is 1.17 bits per heavy atom. The van der Waals surface area contributed by atoms with Crippen molar-refractivity contribution < 1.29 is 4.79 Å². The number of amides is 1. The van der Waals surface area contributed by atoms with Crippen LogP contribution in [0.4, 0.5) is 5.69 Å². The third-order valence-corrected chi connectivity index (χ3v) is 4.88. The van der Waals surface area contributed by atoms with E-state index < -0.39 is 0 Å². The lowest BCUT2D eigenvalue weighted by Crippen LogP contribution is -2.49. The van der Waals surface area contributed by atoms with Crippen molar-refractivity contribution in [3.63, 3.8) is 0 Å². The van der Waals surface area contributed by atoms with Crippen LogP contribution in [0.2, 0.25) is 0 Å². The van der Waals surface area contributed by atoms with Crippen LogP contribution in [0.15, 0.2) is 59.8 Å². The number of hydrogen-bond acceptors (Lipinski definition) is 3. The Morgan fingerprint density at radius 3 is 2.65 bits per heavy atom. The van der Waals surface area contributed by atoms with Gasteiger partial charge >= 0.3 is 0 Å². The van der Waals surface area contributed by atoms with E-state index in [1.165, 1.54) is 17.3 Å². The summed E-state index contributed by atoms with van der Waals surface area (Å²) in [4.78, 5) is 19.1. The quantitative estimate of drug-likeness (QED) is 0.785. The number of allylic oxidation sites excluding steroid dienone is 1. The van der Waals surface area contributed by atoms with E-state index in [0.29, 0.717) is 5.75 Å². The van der Waals surface area contributed by atoms with Gasteiger partial charge in [0.1, 0.15) is 0 Å². The van der Waals surface area contributed by atoms with Crippen molar-refractivity contribution in [3.05, 3.63) is 60.3 Å². The summed E-state index contributed by atoms with van der Waals surface area (Å²) in [6, 6.07) is 13.8. The summed E-state index contributed by atoms with van der Waals surface area (Å²) in [5, 5.41) is 0.871. The van der Waals surface area contributed by atoms with E-state index in [2.05, 4.69) is 37.9 Å². The number of para-hydroxylation sites is 1. The third kappa shape index (κ3) is 3.17. The summed E-state index contributed by atoms with van der Waals surface area (Å²) in [5.74, 6) is 0.476. The van der Waals surface area contributed by atoms with E-state index in [1.54, 1.807) is 6.20 Å². The number of hydrogen-bond donors (Lipinski definition) is 0. The van der Waals surface area contributed by atoms with Gasteiger partial charge in [0.25, 0.3) is 0 Å². The summed E-state index contributed by atoms with van der Waals surface area (Å²) < 4.78 is 0. The van der Waals surface area contributed by atoms with E-state index >= 15 is 0 Å². The highest BCUT2D eigenvalue weighted by molar-refractivity contribution is 7.99. The van der Waals surface area contributed by atoms with Crippen molar-refractivity contribution in [2.24, 2.45) is 0 Å². The predicted molar refractivity (Wildman–Crippen MR) is 96.6 cm³/mol. The lowest BCUT2D eigenvalue weighted by molar-refractivity contribution is -0.116. The average molecular weight is 324 g/mol. The first kappa shape index (κ1) is 15.8. The first-order chi connectivity index (χ1) is 11.0. The molecule has 0 radical (unpaired) electrons. The molecule has 23 heavy (non-hydrogen) atoms. The molecule has 0 bridgehead atoms. The maximum Gasteiger partial charge on any atom is 0.238 e. The minimum atomic E-state index is -0.333. The third-order valence-electron chi connectivity index (χ3n) is 3.95. The second-order valence-electron chi connectivity index (χ2n) is 6.18. The highest BCUT2D eigenvalue weighted by Crippen LogP contribution is 2.39. The highest BCUT2D eigenvalue weighted by Gasteiger charge is 2.35. The van der Waals surface area contributed by atoms with Crippen LogP contribution in [0.3, 0.4) is 0 Å². The highest BCUT2D eigenvalue weighted by atomic mass is 32.2. The maximum atomic E-state index is 12.9. The van der Waals surface area contributed by atoms with Crippen LogP contribution in [0.25, 0.3) is 5.57 Å². The predicted octanol–water partition coefficient (Wildman–Crippen LogP) is 4.40. The molecule has 2 aromatic rings. The second-order valence-corrected chi connectivity index (χ2v) is 7.18. The SMILES string of the molecule is CC1=CC(C)(C)N(C(=O)CSc2ccccn2)c2ccccc21. The molecule has 118 valence electrons. The van der Waals surface area contributed by atoms with Gasteiger partial charge in [-0.3, -0.25) is 4.79 Å². The fourth-order valence-electron chi connectivity index (χ4n) is 3.07. The molecule has 0 unspecified atom stereocenters. The van der Waals surface area contributed by atoms with Gasteiger partial charge in [0.15, 0.2) is 0 Å². The van der Waals surface area contributed by atoms with Gasteiger partial charge in [0.2, 0.25) is 5.91 Å². The van der Waals surface area contributed by atoms with Crippen LogP contribution in [0.1, 0.15) is 26.3 Å². The number of pyridine rings is 1. The number of nitrogens with zero attached hydrogens (tertiary/aromatic N) is 2. The monoisotopic (exact) mass is 324 g/mol. The number of aromatic nitrogens is 1. The molecule has 2 heterocycles. The van der Waals surface area contributed by atoms with E-state index in [0.717, 1.165) is 16.3 Å². The molecule has 0 fully saturated rings. The van der Waals surface area contributed by atoms with Gasteiger partial charge in [0, 0.05) is 11.8 Å². The topological polar surface area (TPSA) is 33.2 Å². The van der Waals surface area contributed by atoms with Crippen molar-refractivity contribution in [1.82, 2.24) is 4.98 Å². The minimum absolute atomic E-state index is 0.0989. The van der Waals surface area contributed by atoms with Crippen molar-refractivity contribution in [3.8, 4) is 0 Å². The van der Waals surface area contributed by atoms with Crippen molar-refractivity contribution in [1.29, 1.82) is 0 Å². The van der Waals surface area contributed by atoms with Crippen molar-refractivity contribution in [2.45, 2.75) is 31.3 Å². The molecule has 4 heteroatoms. The first-order valence-electron chi connectivity index (χ1n) is 7.65. The fraction of sp³-hybridized carbons (Fsp3) is 0.263. The van der Waals surface area contributed by atoms with E-state index in [1.807, 2.05) is 41.3 Å². The first-order valence-corrected chi connectivity index (χ1v) is 8.63. The molecule has 1 aliphatic heterocycles. The van der Waals surface area contributed by atoms with E-state index in [9.17, 15) is 4.79 Å². The molecule has 3 rings (SSSR count). The Balaban J connectivity index is 1.87. The summed E-state index contributed by atoms with van der Waals surface area (Å²) >= 11 is 1.48. The number of anilines is 1. The van der Waals surface area contributed by atoms with Gasteiger partial charge in [-0.1, -0.05) is 42.1 Å². The van der Waals surface area contributed by atoms with Gasteiger partial charge in [-0.2, -0.15) is 0 Å². The average Bonchev–Trinajstić information content (AvgIpc) is 2.53. The minimum Gasteiger partial charge on any atom is -0.302 e. The summed E-state index contributed by atoms with van der Waals surface area (Å²) in [5.41, 5.74) is 3.00. The van der Waals surface area contributed by atoms with Crippen molar-refractivity contribution >= 4 is 28.9 Å². The normalized spacial score (nSPS) is 15.8. The molecule has 1 aromatic carbocycles. The molecule has 3 nitrogen and oxygen atoms in total. The van der Waals surface area contributed by atoms with Crippen LogP contribution in [0.5, 0.6) is 0 Å². The number of carbonyl (C=O) groups excluding carboxylic acids is 1. The Labute approximate surface area is 141 Å². The molecule has 0 aliphatic carbocycles. The largest absolute Gasteiger partial charge is 0.302 e. The molecule has 1 aromatic heterocycles. The van der Waals surface area contributed by atoms with E-state index in [-0.39, 0.29) is 11.4 Å². The smallest absolute Gasteiger partial charge is 0.238 e. The maximum absolute atomic E-state index is 12.9. The van der Waals surface area contributed by atoms with Crippen molar-refractivity contribution in [2.75, 3.05) is 10.7 Å². The zero-order chi connectivity index (χ0) is 16.4. The van der Waals surface area contributed by atoms with Gasteiger partial charge in [-0.25, -0.2) is 4.98 Å². The zero-order valence-electron chi connectivity index (χ0n) is 13.6. The number of thioether (sulfide) groups is 1. The number of carbonyl (C=O) groups is 1. The molecule has 0 N–H and O–H groups in total. The second kappa shape index (κ2) is 6.20. The van der Waals surface area contributed by atoms with Crippen LogP contribution in [-0.4, -0.2) is 22.2 Å². The number of fused-ring (bicyclic) bond motifs is 1. The number of benzene rings is 1. The Morgan fingerprint density at radius 2 is 1.91 bits per heavy atom. The molecule has 1 aliphatic rings. The molecule has 0 spiro atoms. The summed E-state index contributed by atoms with van der Waals surface area (Å²) in [6.07, 6.45) is 3.91. The summed E-state index contributed by atoms with van der Waals surface area (Å²) in [6.45, 7) is 6.26. The lowest BCUT2D eigenvalue weighted by Gasteiger charge is -2.41. The van der Waals surface area contributed by atoms with Crippen LogP contribution >= 0.6 is 11.8 Å². The van der Waals surface area contributed by atoms with Gasteiger partial charge in [-0.05, 0) is 44.5 Å². The van der Waals surface area contributed by atoms with Gasteiger partial charge in [-0.15, -0.1) is 0 Å². The van der Waals surface area contributed by atoms with Gasteiger partial charge in [0.05, 0.1) is 22.0 Å². The van der Waals surface area contributed by atoms with Crippen LogP contribution in [-0.2, 0) is 4.79 Å². The number of rotatable bonds is 3. The molecule has 0 saturated heterocycles. The van der Waals surface area contributed by atoms with Crippen LogP contribution in [0, 0.1) is 0 Å². The Kier molecular flexibility index (Phi) is 4.26.